The molecule has 0 aliphatic rings. The molecule has 1 amide bonds. The first kappa shape index (κ1) is 10.6. The molecule has 0 fully saturated rings. The number of carbonyl (C=O) groups excluding carboxylic acids is 1. The van der Waals surface area contributed by atoms with Crippen molar-refractivity contribution in [2.45, 2.75) is 6.10 Å². The molecule has 76 valence electrons. The maximum atomic E-state index is 11.3. The lowest BCUT2D eigenvalue weighted by Crippen LogP contribution is -2.34. The average Bonchev–Trinajstić information content (AvgIpc) is 2.26. The van der Waals surface area contributed by atoms with Crippen LogP contribution in [0.2, 0.25) is 0 Å². The highest BCUT2D eigenvalue weighted by Crippen LogP contribution is 1.89. The Balaban J connectivity index is 2.44. The van der Waals surface area contributed by atoms with Crippen molar-refractivity contribution in [3.63, 3.8) is 0 Å². The Morgan fingerprint density at radius 1 is 1.57 bits per heavy atom. The lowest BCUT2D eigenvalue weighted by atomic mass is 10.3. The largest absolute Gasteiger partial charge is 0.394 e. The molecule has 1 aromatic heterocycles. The molecule has 0 aromatic carbocycles. The Bertz CT molecular complexity index is 291. The minimum absolute atomic E-state index is 0.00803. The topological polar surface area (TPSA) is 95.3 Å². The molecule has 3 N–H and O–H groups in total. The van der Waals surface area contributed by atoms with Crippen molar-refractivity contribution in [2.75, 3.05) is 13.2 Å². The van der Waals surface area contributed by atoms with Gasteiger partial charge < -0.3 is 15.5 Å². The van der Waals surface area contributed by atoms with Gasteiger partial charge in [-0.2, -0.15) is 0 Å². The van der Waals surface area contributed by atoms with Crippen LogP contribution < -0.4 is 5.32 Å². The molecule has 0 aliphatic heterocycles. The number of carbonyl (C=O) groups is 1. The van der Waals surface area contributed by atoms with E-state index in [1.807, 2.05) is 0 Å². The summed E-state index contributed by atoms with van der Waals surface area (Å²) in [4.78, 5) is 18.7. The molecule has 1 unspecified atom stereocenters. The zero-order chi connectivity index (χ0) is 10.4. The number of nitrogens with one attached hydrogen (secondary N) is 1. The molecule has 0 bridgehead atoms. The summed E-state index contributed by atoms with van der Waals surface area (Å²) in [6.07, 6.45) is 3.23. The summed E-state index contributed by atoms with van der Waals surface area (Å²) in [5.74, 6) is -0.425. The molecule has 1 atom stereocenters. The van der Waals surface area contributed by atoms with Gasteiger partial charge in [0.2, 0.25) is 0 Å². The zero-order valence-corrected chi connectivity index (χ0v) is 7.42. The highest BCUT2D eigenvalue weighted by molar-refractivity contribution is 5.91. The highest BCUT2D eigenvalue weighted by Gasteiger charge is 2.08. The van der Waals surface area contributed by atoms with Gasteiger partial charge in [0, 0.05) is 18.9 Å². The van der Waals surface area contributed by atoms with Gasteiger partial charge in [-0.3, -0.25) is 9.78 Å². The molecule has 0 saturated carbocycles. The number of nitrogens with zero attached hydrogens (tertiary/aromatic N) is 2. The fourth-order valence-corrected chi connectivity index (χ4v) is 0.782. The fraction of sp³-hybridized carbons (Fsp3) is 0.375. The first-order chi connectivity index (χ1) is 6.74. The first-order valence-corrected chi connectivity index (χ1v) is 4.07. The minimum Gasteiger partial charge on any atom is -0.394 e. The van der Waals surface area contributed by atoms with E-state index < -0.39 is 12.0 Å². The zero-order valence-electron chi connectivity index (χ0n) is 7.42. The van der Waals surface area contributed by atoms with Gasteiger partial charge in [0.1, 0.15) is 5.69 Å². The van der Waals surface area contributed by atoms with Crippen LogP contribution in [0.4, 0.5) is 0 Å². The van der Waals surface area contributed by atoms with Crippen LogP contribution in [-0.4, -0.2) is 45.3 Å². The van der Waals surface area contributed by atoms with Crippen molar-refractivity contribution in [3.8, 4) is 0 Å². The lowest BCUT2D eigenvalue weighted by Gasteiger charge is -2.07. The molecular formula is C8H11N3O3. The van der Waals surface area contributed by atoms with Crippen molar-refractivity contribution >= 4 is 5.91 Å². The van der Waals surface area contributed by atoms with Crippen LogP contribution in [0, 0.1) is 0 Å². The fourth-order valence-electron chi connectivity index (χ4n) is 0.782. The van der Waals surface area contributed by atoms with Crippen molar-refractivity contribution < 1.29 is 15.0 Å². The number of rotatable bonds is 4. The van der Waals surface area contributed by atoms with Crippen LogP contribution in [0.3, 0.4) is 0 Å². The van der Waals surface area contributed by atoms with Crippen molar-refractivity contribution in [1.82, 2.24) is 15.3 Å². The van der Waals surface area contributed by atoms with Gasteiger partial charge in [-0.1, -0.05) is 0 Å². The van der Waals surface area contributed by atoms with Gasteiger partial charge in [-0.15, -0.1) is 0 Å². The van der Waals surface area contributed by atoms with Gasteiger partial charge in [-0.05, 0) is 0 Å². The third kappa shape index (κ3) is 3.08. The Hall–Kier alpha value is -1.53. The first-order valence-electron chi connectivity index (χ1n) is 4.07. The summed E-state index contributed by atoms with van der Waals surface area (Å²) >= 11 is 0. The molecule has 1 heterocycles. The van der Waals surface area contributed by atoms with Crippen LogP contribution in [0.1, 0.15) is 10.5 Å². The molecule has 6 nitrogen and oxygen atoms in total. The van der Waals surface area contributed by atoms with Crippen molar-refractivity contribution in [1.29, 1.82) is 0 Å². The van der Waals surface area contributed by atoms with Crippen molar-refractivity contribution in [2.24, 2.45) is 0 Å². The molecule has 6 heteroatoms. The molecule has 14 heavy (non-hydrogen) atoms. The van der Waals surface area contributed by atoms with E-state index in [1.165, 1.54) is 18.6 Å². The second-order valence-electron chi connectivity index (χ2n) is 2.64. The molecule has 1 rings (SSSR count). The van der Waals surface area contributed by atoms with Crippen LogP contribution in [-0.2, 0) is 0 Å². The number of hydrogen-bond donors (Lipinski definition) is 3. The Kier molecular flexibility index (Phi) is 3.96. The molecular weight excluding hydrogens is 186 g/mol. The SMILES string of the molecule is O=C(NCC(O)CO)c1cnccn1. The second kappa shape index (κ2) is 5.25. The Labute approximate surface area is 80.6 Å². The number of amides is 1. The summed E-state index contributed by atoms with van der Waals surface area (Å²) in [7, 11) is 0. The van der Waals surface area contributed by atoms with Crippen LogP contribution in [0.5, 0.6) is 0 Å². The van der Waals surface area contributed by atoms with E-state index >= 15 is 0 Å². The number of aromatic nitrogens is 2. The number of aliphatic hydroxyl groups is 2. The van der Waals surface area contributed by atoms with Crippen molar-refractivity contribution in [3.05, 3.63) is 24.3 Å². The maximum Gasteiger partial charge on any atom is 0.271 e. The molecule has 0 spiro atoms. The predicted octanol–water partition coefficient (Wildman–Crippen LogP) is -1.44. The number of aliphatic hydroxyl groups excluding tert-OH is 2. The van der Waals surface area contributed by atoms with Gasteiger partial charge in [-0.25, -0.2) is 4.98 Å². The van der Waals surface area contributed by atoms with E-state index in [0.717, 1.165) is 0 Å². The van der Waals surface area contributed by atoms with Crippen LogP contribution in [0.25, 0.3) is 0 Å². The summed E-state index contributed by atoms with van der Waals surface area (Å²) in [6.45, 7) is -0.396. The monoisotopic (exact) mass is 197 g/mol. The summed E-state index contributed by atoms with van der Waals surface area (Å²) in [6, 6.07) is 0. The van der Waals surface area contributed by atoms with E-state index in [1.54, 1.807) is 0 Å². The lowest BCUT2D eigenvalue weighted by molar-refractivity contribution is 0.0798. The van der Waals surface area contributed by atoms with Crippen LogP contribution in [0.15, 0.2) is 18.6 Å². The van der Waals surface area contributed by atoms with Crippen LogP contribution >= 0.6 is 0 Å². The smallest absolute Gasteiger partial charge is 0.271 e. The van der Waals surface area contributed by atoms with E-state index in [9.17, 15) is 4.79 Å². The van der Waals surface area contributed by atoms with Gasteiger partial charge in [0.25, 0.3) is 5.91 Å². The van der Waals surface area contributed by atoms with E-state index in [0.29, 0.717) is 0 Å². The third-order valence-electron chi connectivity index (χ3n) is 1.50. The van der Waals surface area contributed by atoms with Gasteiger partial charge >= 0.3 is 0 Å². The van der Waals surface area contributed by atoms with Gasteiger partial charge in [0.05, 0.1) is 18.9 Å². The predicted molar refractivity (Wildman–Crippen MR) is 47.5 cm³/mol. The summed E-state index contributed by atoms with van der Waals surface area (Å²) < 4.78 is 0. The summed E-state index contributed by atoms with van der Waals surface area (Å²) in [5, 5.41) is 19.8. The van der Waals surface area contributed by atoms with E-state index in [4.69, 9.17) is 10.2 Å². The quantitative estimate of drug-likeness (QED) is 0.549. The molecule has 0 saturated heterocycles. The highest BCUT2D eigenvalue weighted by atomic mass is 16.3. The minimum atomic E-state index is -0.948. The maximum absolute atomic E-state index is 11.3. The van der Waals surface area contributed by atoms with E-state index in [-0.39, 0.29) is 18.8 Å². The van der Waals surface area contributed by atoms with E-state index in [2.05, 4.69) is 15.3 Å². The van der Waals surface area contributed by atoms with Gasteiger partial charge in [0.15, 0.2) is 0 Å². The second-order valence-corrected chi connectivity index (χ2v) is 2.64. The average molecular weight is 197 g/mol. The normalized spacial score (nSPS) is 12.1. The Morgan fingerprint density at radius 3 is 2.93 bits per heavy atom. The molecule has 0 radical (unpaired) electrons. The molecule has 0 aliphatic carbocycles. The molecule has 1 aromatic rings. The number of hydrogen-bond acceptors (Lipinski definition) is 5. The summed E-state index contributed by atoms with van der Waals surface area (Å²) in [5.41, 5.74) is 0.178. The third-order valence-corrected chi connectivity index (χ3v) is 1.50. The standard InChI is InChI=1S/C8H11N3O3/c12-5-6(13)3-11-8(14)7-4-9-1-2-10-7/h1-2,4,6,12-13H,3,5H2,(H,11,14). The Morgan fingerprint density at radius 2 is 2.36 bits per heavy atom.